The van der Waals surface area contributed by atoms with E-state index in [9.17, 15) is 0 Å². The normalized spacial score (nSPS) is 10.6. The number of anilines is 2. The topological polar surface area (TPSA) is 87.0 Å². The van der Waals surface area contributed by atoms with Crippen molar-refractivity contribution in [1.29, 1.82) is 0 Å². The summed E-state index contributed by atoms with van der Waals surface area (Å²) >= 11 is 0. The summed E-state index contributed by atoms with van der Waals surface area (Å²) in [5.74, 6) is 1.33. The van der Waals surface area contributed by atoms with E-state index in [4.69, 9.17) is 16.2 Å². The zero-order valence-electron chi connectivity index (χ0n) is 10.4. The van der Waals surface area contributed by atoms with Crippen LogP contribution in [0.2, 0.25) is 0 Å². The highest BCUT2D eigenvalue weighted by Crippen LogP contribution is 2.27. The number of hydrogen-bond acceptors (Lipinski definition) is 5. The van der Waals surface area contributed by atoms with Gasteiger partial charge >= 0.3 is 0 Å². The minimum atomic E-state index is 0.125. The van der Waals surface area contributed by atoms with Gasteiger partial charge in [-0.15, -0.1) is 0 Å². The van der Waals surface area contributed by atoms with Gasteiger partial charge in [-0.25, -0.2) is 4.98 Å². The molecule has 0 amide bonds. The molecule has 1 aromatic heterocycles. The van der Waals surface area contributed by atoms with E-state index in [-0.39, 0.29) is 12.1 Å². The molecule has 1 aromatic carbocycles. The molecule has 0 fully saturated rings. The number of aromatic nitrogens is 2. The van der Waals surface area contributed by atoms with Crippen LogP contribution in [0.5, 0.6) is 5.75 Å². The molecule has 2 aromatic rings. The van der Waals surface area contributed by atoms with Gasteiger partial charge in [-0.05, 0) is 31.5 Å². The third-order valence-corrected chi connectivity index (χ3v) is 2.35. The lowest BCUT2D eigenvalue weighted by Gasteiger charge is -2.11. The van der Waals surface area contributed by atoms with Crippen LogP contribution in [-0.4, -0.2) is 16.1 Å². The van der Waals surface area contributed by atoms with Gasteiger partial charge in [0.25, 0.3) is 0 Å². The third kappa shape index (κ3) is 2.68. The Morgan fingerprint density at radius 2 is 2.00 bits per heavy atom. The molecule has 0 spiro atoms. The summed E-state index contributed by atoms with van der Waals surface area (Å²) in [5, 5.41) is 0. The lowest BCUT2D eigenvalue weighted by atomic mass is 10.1. The predicted molar refractivity (Wildman–Crippen MR) is 72.1 cm³/mol. The summed E-state index contributed by atoms with van der Waals surface area (Å²) in [6.45, 7) is 3.96. The maximum atomic E-state index is 5.83. The van der Waals surface area contributed by atoms with Crippen molar-refractivity contribution in [2.45, 2.75) is 20.0 Å². The molecule has 0 saturated heterocycles. The number of nitrogens with zero attached hydrogens (tertiary/aromatic N) is 2. The Balaban J connectivity index is 2.38. The van der Waals surface area contributed by atoms with Crippen LogP contribution in [0.15, 0.2) is 30.5 Å². The van der Waals surface area contributed by atoms with Crippen LogP contribution in [0, 0.1) is 0 Å². The van der Waals surface area contributed by atoms with E-state index in [1.165, 1.54) is 0 Å². The molecule has 94 valence electrons. The van der Waals surface area contributed by atoms with E-state index in [0.29, 0.717) is 5.82 Å². The van der Waals surface area contributed by atoms with Crippen molar-refractivity contribution in [3.05, 3.63) is 30.5 Å². The van der Waals surface area contributed by atoms with Gasteiger partial charge in [0.15, 0.2) is 0 Å². The minimum Gasteiger partial charge on any atom is -0.491 e. The van der Waals surface area contributed by atoms with Crippen molar-refractivity contribution in [2.24, 2.45) is 0 Å². The first-order valence-corrected chi connectivity index (χ1v) is 5.71. The maximum absolute atomic E-state index is 5.83. The van der Waals surface area contributed by atoms with Crippen LogP contribution in [0.1, 0.15) is 13.8 Å². The van der Waals surface area contributed by atoms with Crippen molar-refractivity contribution in [3.63, 3.8) is 0 Å². The molecular weight excluding hydrogens is 228 g/mol. The number of nitrogens with two attached hydrogens (primary N) is 2. The van der Waals surface area contributed by atoms with Gasteiger partial charge in [-0.3, -0.25) is 0 Å². The first-order chi connectivity index (χ1) is 8.56. The van der Waals surface area contributed by atoms with Crippen LogP contribution in [-0.2, 0) is 0 Å². The Bertz CT molecular complexity index is 554. The van der Waals surface area contributed by atoms with Gasteiger partial charge in [0.05, 0.1) is 6.10 Å². The highest BCUT2D eigenvalue weighted by atomic mass is 16.5. The van der Waals surface area contributed by atoms with E-state index in [0.717, 1.165) is 16.9 Å². The Labute approximate surface area is 106 Å². The average Bonchev–Trinajstić information content (AvgIpc) is 2.28. The number of ether oxygens (including phenoxy) is 1. The summed E-state index contributed by atoms with van der Waals surface area (Å²) in [6, 6.07) is 7.64. The highest BCUT2D eigenvalue weighted by Gasteiger charge is 2.07. The predicted octanol–water partition coefficient (Wildman–Crippen LogP) is 2.10. The highest BCUT2D eigenvalue weighted by molar-refractivity contribution is 5.74. The zero-order valence-corrected chi connectivity index (χ0v) is 10.4. The largest absolute Gasteiger partial charge is 0.491 e. The zero-order chi connectivity index (χ0) is 13.1. The smallest absolute Gasteiger partial charge is 0.221 e. The van der Waals surface area contributed by atoms with Gasteiger partial charge in [0, 0.05) is 11.8 Å². The second-order valence-corrected chi connectivity index (χ2v) is 4.22. The van der Waals surface area contributed by atoms with Crippen molar-refractivity contribution in [1.82, 2.24) is 9.97 Å². The number of nitrogen functional groups attached to an aromatic ring is 2. The standard InChI is InChI=1S/C13H16N4O/c1-8(2)18-10-5-3-4-9(6-10)11-7-16-13(15)17-12(11)14/h3-8H,1-2H3,(H4,14,15,16,17). The van der Waals surface area contributed by atoms with Crippen LogP contribution in [0.25, 0.3) is 11.1 Å². The second-order valence-electron chi connectivity index (χ2n) is 4.22. The summed E-state index contributed by atoms with van der Waals surface area (Å²) in [6.07, 6.45) is 1.74. The Hall–Kier alpha value is -2.30. The van der Waals surface area contributed by atoms with Crippen molar-refractivity contribution in [3.8, 4) is 16.9 Å². The molecule has 18 heavy (non-hydrogen) atoms. The molecule has 0 radical (unpaired) electrons. The van der Waals surface area contributed by atoms with Crippen LogP contribution in [0.4, 0.5) is 11.8 Å². The van der Waals surface area contributed by atoms with E-state index < -0.39 is 0 Å². The van der Waals surface area contributed by atoms with Gasteiger partial charge in [-0.1, -0.05) is 12.1 Å². The fraction of sp³-hybridized carbons (Fsp3) is 0.231. The molecule has 4 N–H and O–H groups in total. The average molecular weight is 244 g/mol. The van der Waals surface area contributed by atoms with E-state index in [1.54, 1.807) is 6.20 Å². The first kappa shape index (κ1) is 12.2. The number of rotatable bonds is 3. The third-order valence-electron chi connectivity index (χ3n) is 2.35. The van der Waals surface area contributed by atoms with Gasteiger partial charge in [0.2, 0.25) is 5.95 Å². The Morgan fingerprint density at radius 3 is 2.67 bits per heavy atom. The fourth-order valence-corrected chi connectivity index (χ4v) is 1.64. The molecule has 0 bridgehead atoms. The molecular formula is C13H16N4O. The summed E-state index contributed by atoms with van der Waals surface area (Å²) in [4.78, 5) is 7.90. The molecule has 1 heterocycles. The quantitative estimate of drug-likeness (QED) is 0.863. The van der Waals surface area contributed by atoms with Gasteiger partial charge < -0.3 is 16.2 Å². The van der Waals surface area contributed by atoms with Crippen LogP contribution in [0.3, 0.4) is 0 Å². The molecule has 0 saturated carbocycles. The number of benzene rings is 1. The molecule has 5 nitrogen and oxygen atoms in total. The molecule has 0 atom stereocenters. The summed E-state index contributed by atoms with van der Waals surface area (Å²) < 4.78 is 5.63. The molecule has 0 aliphatic rings. The molecule has 2 rings (SSSR count). The fourth-order valence-electron chi connectivity index (χ4n) is 1.64. The van der Waals surface area contributed by atoms with Crippen molar-refractivity contribution < 1.29 is 4.74 Å². The SMILES string of the molecule is CC(C)Oc1cccc(-c2cnc(N)nc2N)c1. The van der Waals surface area contributed by atoms with E-state index in [2.05, 4.69) is 9.97 Å². The van der Waals surface area contributed by atoms with Crippen LogP contribution >= 0.6 is 0 Å². The second kappa shape index (κ2) is 4.91. The monoisotopic (exact) mass is 244 g/mol. The lowest BCUT2D eigenvalue weighted by Crippen LogP contribution is -2.05. The van der Waals surface area contributed by atoms with Crippen LogP contribution < -0.4 is 16.2 Å². The number of hydrogen-bond donors (Lipinski definition) is 2. The summed E-state index contributed by atoms with van der Waals surface area (Å²) in [7, 11) is 0. The van der Waals surface area contributed by atoms with E-state index >= 15 is 0 Å². The summed E-state index contributed by atoms with van der Waals surface area (Å²) in [5.41, 5.74) is 13.0. The molecule has 5 heteroatoms. The van der Waals surface area contributed by atoms with Gasteiger partial charge in [0.1, 0.15) is 11.6 Å². The Morgan fingerprint density at radius 1 is 1.22 bits per heavy atom. The minimum absolute atomic E-state index is 0.125. The first-order valence-electron chi connectivity index (χ1n) is 5.71. The van der Waals surface area contributed by atoms with Crippen molar-refractivity contribution >= 4 is 11.8 Å². The lowest BCUT2D eigenvalue weighted by molar-refractivity contribution is 0.242. The van der Waals surface area contributed by atoms with Gasteiger partial charge in [-0.2, -0.15) is 4.98 Å². The van der Waals surface area contributed by atoms with Crippen molar-refractivity contribution in [2.75, 3.05) is 11.5 Å². The van der Waals surface area contributed by atoms with E-state index in [1.807, 2.05) is 38.1 Å². The molecule has 0 unspecified atom stereocenters. The molecule has 0 aliphatic heterocycles. The molecule has 0 aliphatic carbocycles. The Kier molecular flexibility index (Phi) is 3.32. The maximum Gasteiger partial charge on any atom is 0.221 e.